The van der Waals surface area contributed by atoms with Gasteiger partial charge in [0.2, 0.25) is 0 Å². The Labute approximate surface area is 100.0 Å². The van der Waals surface area contributed by atoms with Gasteiger partial charge in [-0.05, 0) is 38.9 Å². The van der Waals surface area contributed by atoms with Crippen LogP contribution in [0.15, 0.2) is 18.2 Å². The Bertz CT molecular complexity index is 390. The maximum absolute atomic E-state index is 13.8. The Morgan fingerprint density at radius 2 is 2.00 bits per heavy atom. The van der Waals surface area contributed by atoms with Crippen LogP contribution >= 0.6 is 0 Å². The molecule has 0 aromatic heterocycles. The lowest BCUT2D eigenvalue weighted by molar-refractivity contribution is -0.0844. The molecule has 1 N–H and O–H groups in total. The molecule has 1 aromatic carbocycles. The zero-order valence-corrected chi connectivity index (χ0v) is 10.1. The number of nitrogens with one attached hydrogen (secondary N) is 1. The van der Waals surface area contributed by atoms with Crippen LogP contribution in [0, 0.1) is 11.6 Å². The Morgan fingerprint density at radius 3 is 2.59 bits per heavy atom. The fraction of sp³-hybridized carbons (Fsp3) is 0.538. The van der Waals surface area contributed by atoms with Crippen molar-refractivity contribution in [2.45, 2.75) is 31.4 Å². The maximum atomic E-state index is 13.8. The molecular formula is C13H17F2NO. The van der Waals surface area contributed by atoms with E-state index >= 15 is 0 Å². The Kier molecular flexibility index (Phi) is 3.45. The minimum absolute atomic E-state index is 0.0416. The number of hydrogen-bond donors (Lipinski definition) is 1. The van der Waals surface area contributed by atoms with Crippen molar-refractivity contribution in [2.24, 2.45) is 0 Å². The van der Waals surface area contributed by atoms with Gasteiger partial charge in [-0.2, -0.15) is 0 Å². The number of halogens is 2. The molecule has 1 saturated heterocycles. The van der Waals surface area contributed by atoms with Gasteiger partial charge in [0.25, 0.3) is 0 Å². The molecule has 1 aliphatic rings. The zero-order valence-electron chi connectivity index (χ0n) is 10.1. The van der Waals surface area contributed by atoms with E-state index in [-0.39, 0.29) is 11.6 Å². The second kappa shape index (κ2) is 4.70. The maximum Gasteiger partial charge on any atom is 0.132 e. The summed E-state index contributed by atoms with van der Waals surface area (Å²) in [6.45, 7) is 2.26. The standard InChI is InChI=1S/C13H17F2NO/c1-13(8-9(16-2)6-7-17-13)12-10(14)4-3-5-11(12)15/h3-5,9,16H,6-8H2,1-2H3. The van der Waals surface area contributed by atoms with Gasteiger partial charge < -0.3 is 10.1 Å². The molecule has 0 bridgehead atoms. The minimum atomic E-state index is -0.888. The van der Waals surface area contributed by atoms with E-state index in [1.807, 2.05) is 7.05 Å². The number of benzene rings is 1. The van der Waals surface area contributed by atoms with Gasteiger partial charge in [0, 0.05) is 12.6 Å². The molecule has 0 radical (unpaired) electrons. The molecule has 0 spiro atoms. The molecule has 1 heterocycles. The molecule has 1 fully saturated rings. The molecule has 1 aliphatic heterocycles. The third-order valence-electron chi connectivity index (χ3n) is 3.42. The van der Waals surface area contributed by atoms with Crippen molar-refractivity contribution in [1.29, 1.82) is 0 Å². The summed E-state index contributed by atoms with van der Waals surface area (Å²) in [6, 6.07) is 4.15. The first-order valence-corrected chi connectivity index (χ1v) is 5.82. The van der Waals surface area contributed by atoms with Crippen molar-refractivity contribution < 1.29 is 13.5 Å². The van der Waals surface area contributed by atoms with Crippen LogP contribution in [-0.2, 0) is 10.3 Å². The number of ether oxygens (including phenoxy) is 1. The monoisotopic (exact) mass is 241 g/mol. The third-order valence-corrected chi connectivity index (χ3v) is 3.42. The van der Waals surface area contributed by atoms with Gasteiger partial charge in [-0.3, -0.25) is 0 Å². The second-order valence-corrected chi connectivity index (χ2v) is 4.65. The molecule has 2 unspecified atom stereocenters. The van der Waals surface area contributed by atoms with Crippen LogP contribution in [0.5, 0.6) is 0 Å². The molecule has 94 valence electrons. The summed E-state index contributed by atoms with van der Waals surface area (Å²) < 4.78 is 33.2. The van der Waals surface area contributed by atoms with Crippen molar-refractivity contribution in [1.82, 2.24) is 5.32 Å². The molecular weight excluding hydrogens is 224 g/mol. The zero-order chi connectivity index (χ0) is 12.5. The molecule has 4 heteroatoms. The van der Waals surface area contributed by atoms with E-state index in [2.05, 4.69) is 5.32 Å². The summed E-state index contributed by atoms with van der Waals surface area (Å²) in [5.74, 6) is -1.08. The molecule has 0 aliphatic carbocycles. The average Bonchev–Trinajstić information content (AvgIpc) is 2.28. The van der Waals surface area contributed by atoms with Gasteiger partial charge in [-0.25, -0.2) is 8.78 Å². The van der Waals surface area contributed by atoms with E-state index in [0.29, 0.717) is 13.0 Å². The summed E-state index contributed by atoms with van der Waals surface area (Å²) in [5, 5.41) is 3.14. The van der Waals surface area contributed by atoms with E-state index in [9.17, 15) is 8.78 Å². The average molecular weight is 241 g/mol. The van der Waals surface area contributed by atoms with Gasteiger partial charge in [0.05, 0.1) is 11.2 Å². The van der Waals surface area contributed by atoms with E-state index < -0.39 is 17.2 Å². The Hall–Kier alpha value is -1.00. The smallest absolute Gasteiger partial charge is 0.132 e. The third kappa shape index (κ3) is 2.33. The molecule has 2 atom stereocenters. The largest absolute Gasteiger partial charge is 0.370 e. The van der Waals surface area contributed by atoms with Crippen molar-refractivity contribution in [3.63, 3.8) is 0 Å². The highest BCUT2D eigenvalue weighted by Gasteiger charge is 2.38. The van der Waals surface area contributed by atoms with E-state index in [1.165, 1.54) is 18.2 Å². The lowest BCUT2D eigenvalue weighted by atomic mass is 9.85. The van der Waals surface area contributed by atoms with Crippen molar-refractivity contribution in [3.05, 3.63) is 35.4 Å². The second-order valence-electron chi connectivity index (χ2n) is 4.65. The number of hydrogen-bond acceptors (Lipinski definition) is 2. The summed E-state index contributed by atoms with van der Waals surface area (Å²) in [7, 11) is 1.86. The fourth-order valence-electron chi connectivity index (χ4n) is 2.48. The molecule has 2 nitrogen and oxygen atoms in total. The summed E-state index contributed by atoms with van der Waals surface area (Å²) in [4.78, 5) is 0. The van der Waals surface area contributed by atoms with Crippen molar-refractivity contribution >= 4 is 0 Å². The van der Waals surface area contributed by atoms with Crippen LogP contribution in [-0.4, -0.2) is 19.7 Å². The van der Waals surface area contributed by atoms with Crippen LogP contribution < -0.4 is 5.32 Å². The highest BCUT2D eigenvalue weighted by atomic mass is 19.1. The van der Waals surface area contributed by atoms with E-state index in [0.717, 1.165) is 6.42 Å². The van der Waals surface area contributed by atoms with Crippen molar-refractivity contribution in [3.8, 4) is 0 Å². The van der Waals surface area contributed by atoms with Gasteiger partial charge >= 0.3 is 0 Å². The van der Waals surface area contributed by atoms with Crippen LogP contribution in [0.25, 0.3) is 0 Å². The van der Waals surface area contributed by atoms with Gasteiger partial charge in [0.1, 0.15) is 11.6 Å². The van der Waals surface area contributed by atoms with Crippen LogP contribution in [0.3, 0.4) is 0 Å². The lowest BCUT2D eigenvalue weighted by Gasteiger charge is -2.38. The van der Waals surface area contributed by atoms with Gasteiger partial charge in [-0.15, -0.1) is 0 Å². The topological polar surface area (TPSA) is 21.3 Å². The normalized spacial score (nSPS) is 29.3. The van der Waals surface area contributed by atoms with Crippen LogP contribution in [0.1, 0.15) is 25.3 Å². The van der Waals surface area contributed by atoms with Crippen LogP contribution in [0.2, 0.25) is 0 Å². The highest BCUT2D eigenvalue weighted by Crippen LogP contribution is 2.37. The predicted octanol–water partition coefficient (Wildman–Crippen LogP) is 2.58. The van der Waals surface area contributed by atoms with Crippen molar-refractivity contribution in [2.75, 3.05) is 13.7 Å². The molecule has 17 heavy (non-hydrogen) atoms. The van der Waals surface area contributed by atoms with Gasteiger partial charge in [0.15, 0.2) is 0 Å². The van der Waals surface area contributed by atoms with Gasteiger partial charge in [-0.1, -0.05) is 6.07 Å². The highest BCUT2D eigenvalue weighted by molar-refractivity contribution is 5.26. The van der Waals surface area contributed by atoms with E-state index in [1.54, 1.807) is 6.92 Å². The quantitative estimate of drug-likeness (QED) is 0.859. The fourth-order valence-corrected chi connectivity index (χ4v) is 2.48. The first kappa shape index (κ1) is 12.5. The summed E-state index contributed by atoms with van der Waals surface area (Å²) >= 11 is 0. The number of rotatable bonds is 2. The minimum Gasteiger partial charge on any atom is -0.370 e. The molecule has 1 aromatic rings. The van der Waals surface area contributed by atoms with Crippen LogP contribution in [0.4, 0.5) is 8.78 Å². The molecule has 0 amide bonds. The first-order valence-electron chi connectivity index (χ1n) is 5.82. The molecule has 2 rings (SSSR count). The van der Waals surface area contributed by atoms with E-state index in [4.69, 9.17) is 4.74 Å². The SMILES string of the molecule is CNC1CCOC(C)(c2c(F)cccc2F)C1. The lowest BCUT2D eigenvalue weighted by Crippen LogP contribution is -2.43. The Balaban J connectivity index is 2.37. The predicted molar refractivity (Wildman–Crippen MR) is 61.7 cm³/mol. The Morgan fingerprint density at radius 1 is 1.35 bits per heavy atom. The summed E-state index contributed by atoms with van der Waals surface area (Å²) in [5.41, 5.74) is -0.846. The first-order chi connectivity index (χ1) is 8.07. The molecule has 0 saturated carbocycles. The summed E-state index contributed by atoms with van der Waals surface area (Å²) in [6.07, 6.45) is 1.43.